The van der Waals surface area contributed by atoms with Crippen LogP contribution in [0, 0.1) is 13.8 Å². The van der Waals surface area contributed by atoms with Gasteiger partial charge in [-0.2, -0.15) is 0 Å². The van der Waals surface area contributed by atoms with Crippen LogP contribution in [-0.2, 0) is 7.05 Å². The molecule has 2 rings (SSSR count). The third-order valence-corrected chi connectivity index (χ3v) is 1.90. The minimum absolute atomic E-state index is 0.892. The Bertz CT molecular complexity index is 430. The van der Waals surface area contributed by atoms with E-state index >= 15 is 0 Å². The maximum Gasteiger partial charge on any atom is 0.134 e. The van der Waals surface area contributed by atoms with Crippen molar-refractivity contribution in [1.82, 2.24) is 20.0 Å². The van der Waals surface area contributed by atoms with Crippen molar-refractivity contribution in [1.29, 1.82) is 0 Å². The van der Waals surface area contributed by atoms with E-state index in [1.807, 2.05) is 27.0 Å². The van der Waals surface area contributed by atoms with Crippen LogP contribution in [0.1, 0.15) is 11.4 Å². The number of rotatable bonds is 0. The Labute approximate surface area is 70.2 Å². The third-order valence-electron chi connectivity index (χ3n) is 1.90. The molecule has 0 unspecified atom stereocenters. The van der Waals surface area contributed by atoms with Gasteiger partial charge < -0.3 is 0 Å². The van der Waals surface area contributed by atoms with E-state index in [9.17, 15) is 0 Å². The lowest BCUT2D eigenvalue weighted by atomic mass is 10.3. The number of nitrogens with zero attached hydrogens (tertiary/aromatic N) is 4. The summed E-state index contributed by atoms with van der Waals surface area (Å²) in [7, 11) is 1.88. The molecular formula is C8H10N4. The summed E-state index contributed by atoms with van der Waals surface area (Å²) in [5.74, 6) is 0. The Balaban J connectivity index is 2.92. The van der Waals surface area contributed by atoms with Gasteiger partial charge in [-0.25, -0.2) is 4.68 Å². The second kappa shape index (κ2) is 2.27. The number of hydrogen-bond acceptors (Lipinski definition) is 3. The fraction of sp³-hybridized carbons (Fsp3) is 0.375. The molecule has 0 atom stereocenters. The highest BCUT2D eigenvalue weighted by Crippen LogP contribution is 2.13. The molecule has 2 aromatic rings. The first-order valence-corrected chi connectivity index (χ1v) is 3.82. The quantitative estimate of drug-likeness (QED) is 0.580. The number of pyridine rings is 1. The van der Waals surface area contributed by atoms with Crippen molar-refractivity contribution < 1.29 is 0 Å². The van der Waals surface area contributed by atoms with Crippen molar-refractivity contribution in [3.05, 3.63) is 17.5 Å². The Morgan fingerprint density at radius 1 is 1.33 bits per heavy atom. The standard InChI is InChI=1S/C8H10N4/c1-5-4-7-8(6(2)9-5)10-11-12(7)3/h4H,1-3H3. The van der Waals surface area contributed by atoms with Gasteiger partial charge in [-0.1, -0.05) is 5.21 Å². The zero-order valence-electron chi connectivity index (χ0n) is 7.37. The van der Waals surface area contributed by atoms with E-state index in [1.165, 1.54) is 0 Å². The molecule has 0 fully saturated rings. The summed E-state index contributed by atoms with van der Waals surface area (Å²) in [5.41, 5.74) is 3.88. The van der Waals surface area contributed by atoms with Gasteiger partial charge in [0, 0.05) is 12.7 Å². The predicted octanol–water partition coefficient (Wildman–Crippen LogP) is 0.980. The Morgan fingerprint density at radius 3 is 2.83 bits per heavy atom. The van der Waals surface area contributed by atoms with E-state index in [0.717, 1.165) is 22.4 Å². The van der Waals surface area contributed by atoms with Gasteiger partial charge in [-0.05, 0) is 19.9 Å². The van der Waals surface area contributed by atoms with Crippen LogP contribution in [0.4, 0.5) is 0 Å². The van der Waals surface area contributed by atoms with Crippen LogP contribution in [0.2, 0.25) is 0 Å². The van der Waals surface area contributed by atoms with E-state index in [1.54, 1.807) is 4.68 Å². The summed E-state index contributed by atoms with van der Waals surface area (Å²) >= 11 is 0. The van der Waals surface area contributed by atoms with E-state index in [-0.39, 0.29) is 0 Å². The molecule has 0 N–H and O–H groups in total. The Kier molecular flexibility index (Phi) is 1.36. The molecule has 0 aliphatic carbocycles. The van der Waals surface area contributed by atoms with Crippen LogP contribution < -0.4 is 0 Å². The highest BCUT2D eigenvalue weighted by molar-refractivity contribution is 5.76. The van der Waals surface area contributed by atoms with Gasteiger partial charge in [0.1, 0.15) is 5.52 Å². The lowest BCUT2D eigenvalue weighted by molar-refractivity contribution is 0.736. The smallest absolute Gasteiger partial charge is 0.134 e. The molecule has 4 nitrogen and oxygen atoms in total. The summed E-state index contributed by atoms with van der Waals surface area (Å²) in [6.45, 7) is 3.92. The molecule has 0 amide bonds. The molecule has 0 saturated carbocycles. The molecule has 2 heterocycles. The predicted molar refractivity (Wildman–Crippen MR) is 45.8 cm³/mol. The van der Waals surface area contributed by atoms with E-state index in [4.69, 9.17) is 0 Å². The summed E-state index contributed by atoms with van der Waals surface area (Å²) in [6, 6.07) is 1.99. The van der Waals surface area contributed by atoms with Crippen molar-refractivity contribution in [3.8, 4) is 0 Å². The van der Waals surface area contributed by atoms with E-state index in [0.29, 0.717) is 0 Å². The average molecular weight is 162 g/mol. The van der Waals surface area contributed by atoms with Crippen LogP contribution in [0.25, 0.3) is 11.0 Å². The molecule has 12 heavy (non-hydrogen) atoms. The van der Waals surface area contributed by atoms with Gasteiger partial charge in [0.25, 0.3) is 0 Å². The first kappa shape index (κ1) is 7.21. The molecule has 0 aliphatic heterocycles. The molecule has 62 valence electrons. The van der Waals surface area contributed by atoms with Gasteiger partial charge in [0.15, 0.2) is 0 Å². The molecule has 0 spiro atoms. The van der Waals surface area contributed by atoms with E-state index in [2.05, 4.69) is 15.3 Å². The van der Waals surface area contributed by atoms with Gasteiger partial charge in [0.2, 0.25) is 0 Å². The summed E-state index contributed by atoms with van der Waals surface area (Å²) in [4.78, 5) is 4.30. The van der Waals surface area contributed by atoms with E-state index < -0.39 is 0 Å². The summed E-state index contributed by atoms with van der Waals surface area (Å²) in [6.07, 6.45) is 0. The first-order valence-electron chi connectivity index (χ1n) is 3.82. The fourth-order valence-electron chi connectivity index (χ4n) is 1.33. The van der Waals surface area contributed by atoms with Crippen LogP contribution in [-0.4, -0.2) is 20.0 Å². The maximum atomic E-state index is 4.30. The molecule has 0 aromatic carbocycles. The minimum atomic E-state index is 0.892. The van der Waals surface area contributed by atoms with Gasteiger partial charge in [0.05, 0.1) is 11.2 Å². The summed E-state index contributed by atoms with van der Waals surface area (Å²) in [5, 5.41) is 7.93. The highest BCUT2D eigenvalue weighted by Gasteiger charge is 2.05. The Morgan fingerprint density at radius 2 is 2.08 bits per heavy atom. The third kappa shape index (κ3) is 0.879. The van der Waals surface area contributed by atoms with Gasteiger partial charge in [-0.3, -0.25) is 4.98 Å². The lowest BCUT2D eigenvalue weighted by Gasteiger charge is -1.96. The zero-order chi connectivity index (χ0) is 8.72. The zero-order valence-corrected chi connectivity index (χ0v) is 7.37. The monoisotopic (exact) mass is 162 g/mol. The summed E-state index contributed by atoms with van der Waals surface area (Å²) < 4.78 is 1.76. The second-order valence-corrected chi connectivity index (χ2v) is 2.93. The average Bonchev–Trinajstić information content (AvgIpc) is 2.33. The van der Waals surface area contributed by atoms with Gasteiger partial charge in [-0.15, -0.1) is 5.10 Å². The number of fused-ring (bicyclic) bond motifs is 1. The van der Waals surface area contributed by atoms with Crippen LogP contribution in [0.3, 0.4) is 0 Å². The highest BCUT2D eigenvalue weighted by atomic mass is 15.4. The first-order chi connectivity index (χ1) is 5.68. The molecule has 0 bridgehead atoms. The number of aromatic nitrogens is 4. The van der Waals surface area contributed by atoms with Crippen molar-refractivity contribution in [3.63, 3.8) is 0 Å². The van der Waals surface area contributed by atoms with Crippen molar-refractivity contribution in [2.24, 2.45) is 7.05 Å². The molecule has 0 radical (unpaired) electrons. The topological polar surface area (TPSA) is 43.6 Å². The molecule has 0 aliphatic rings. The second-order valence-electron chi connectivity index (χ2n) is 2.93. The van der Waals surface area contributed by atoms with Crippen LogP contribution in [0.15, 0.2) is 6.07 Å². The molecule has 0 saturated heterocycles. The van der Waals surface area contributed by atoms with Crippen LogP contribution >= 0.6 is 0 Å². The van der Waals surface area contributed by atoms with Crippen LogP contribution in [0.5, 0.6) is 0 Å². The fourth-order valence-corrected chi connectivity index (χ4v) is 1.33. The van der Waals surface area contributed by atoms with Crippen molar-refractivity contribution in [2.75, 3.05) is 0 Å². The molecule has 2 aromatic heterocycles. The van der Waals surface area contributed by atoms with Crippen molar-refractivity contribution in [2.45, 2.75) is 13.8 Å². The SMILES string of the molecule is Cc1cc2c(nnn2C)c(C)n1. The Hall–Kier alpha value is -1.45. The molecule has 4 heteroatoms. The van der Waals surface area contributed by atoms with Crippen molar-refractivity contribution >= 4 is 11.0 Å². The number of hydrogen-bond donors (Lipinski definition) is 0. The van der Waals surface area contributed by atoms with Gasteiger partial charge >= 0.3 is 0 Å². The maximum absolute atomic E-state index is 4.30. The largest absolute Gasteiger partial charge is 0.256 e. The minimum Gasteiger partial charge on any atom is -0.256 e. The normalized spacial score (nSPS) is 10.9. The number of aryl methyl sites for hydroxylation is 3. The molecular weight excluding hydrogens is 152 g/mol. The lowest BCUT2D eigenvalue weighted by Crippen LogP contribution is -1.91.